The molecular weight excluding hydrogens is 544 g/mol. The molecule has 0 aromatic heterocycles. The Morgan fingerprint density at radius 3 is 1.26 bits per heavy atom. The normalized spacial score (nSPS) is 21.0. The van der Waals surface area contributed by atoms with Crippen molar-refractivity contribution in [3.8, 4) is 46.0 Å². The molecule has 6 rings (SSSR count). The van der Waals surface area contributed by atoms with Gasteiger partial charge in [-0.15, -0.1) is 0 Å². The van der Waals surface area contributed by atoms with Crippen LogP contribution in [0.25, 0.3) is 0 Å². The molecule has 0 spiro atoms. The summed E-state index contributed by atoms with van der Waals surface area (Å²) in [6.07, 6.45) is -2.15. The molecule has 214 valence electrons. The van der Waals surface area contributed by atoms with E-state index < -0.39 is 47.1 Å². The number of Topliss-reactive ketones (excluding diaryl/α,β-unsaturated/α-hetero) is 2. The minimum atomic E-state index is -1.26. The number of carbonyl (C=O) groups is 2. The lowest BCUT2D eigenvalue weighted by atomic mass is 9.69. The van der Waals surface area contributed by atoms with Crippen LogP contribution < -0.4 is 18.9 Å². The number of methoxy groups -OCH3 is 2. The van der Waals surface area contributed by atoms with E-state index in [4.69, 9.17) is 18.9 Å². The summed E-state index contributed by atoms with van der Waals surface area (Å²) in [6.45, 7) is 0. The predicted octanol–water partition coefficient (Wildman–Crippen LogP) is 5.09. The minimum Gasteiger partial charge on any atom is -0.508 e. The van der Waals surface area contributed by atoms with Gasteiger partial charge in [0, 0.05) is 24.3 Å². The molecule has 0 radical (unpaired) electrons. The van der Waals surface area contributed by atoms with Crippen molar-refractivity contribution in [3.63, 3.8) is 0 Å². The van der Waals surface area contributed by atoms with Crippen LogP contribution in [0.5, 0.6) is 46.0 Å². The molecule has 2 aliphatic rings. The molecule has 2 heterocycles. The summed E-state index contributed by atoms with van der Waals surface area (Å²) >= 11 is 0. The van der Waals surface area contributed by atoms with Crippen molar-refractivity contribution in [1.82, 2.24) is 0 Å². The van der Waals surface area contributed by atoms with Crippen LogP contribution in [0.4, 0.5) is 0 Å². The number of aromatic hydroxyl groups is 4. The van der Waals surface area contributed by atoms with Gasteiger partial charge in [-0.3, -0.25) is 9.59 Å². The molecule has 0 saturated heterocycles. The third kappa shape index (κ3) is 4.37. The van der Waals surface area contributed by atoms with Crippen molar-refractivity contribution in [1.29, 1.82) is 0 Å². The summed E-state index contributed by atoms with van der Waals surface area (Å²) < 4.78 is 23.1. The standard InChI is InChI=1S/C32H26O10/c1-39-19-7-3-15(4-8-19)31-27(29(37)25-21(35)11-17(33)13-23(25)41-31)28-30(38)26-22(36)12-18(34)14-24(26)42-32(28)16-5-9-20(40-2)10-6-16/h3-14,27-28,31-36H,1-2H3/t27-,28?,31-,32+/m0/s1. The average Bonchev–Trinajstić information content (AvgIpc) is 2.96. The fourth-order valence-electron chi connectivity index (χ4n) is 5.72. The molecule has 1 unspecified atom stereocenters. The number of phenols is 4. The van der Waals surface area contributed by atoms with E-state index in [1.807, 2.05) is 0 Å². The van der Waals surface area contributed by atoms with E-state index in [0.29, 0.717) is 22.6 Å². The first kappa shape index (κ1) is 26.8. The number of phenolic OH excluding ortho intramolecular Hbond substituents is 4. The molecule has 4 atom stereocenters. The molecule has 4 aromatic rings. The van der Waals surface area contributed by atoms with Crippen LogP contribution in [0.3, 0.4) is 0 Å². The quantitative estimate of drug-likeness (QED) is 0.255. The predicted molar refractivity (Wildman–Crippen MR) is 148 cm³/mol. The zero-order valence-electron chi connectivity index (χ0n) is 22.5. The number of hydrogen-bond donors (Lipinski definition) is 4. The second-order valence-corrected chi connectivity index (χ2v) is 10.1. The number of rotatable bonds is 5. The number of benzene rings is 4. The van der Waals surface area contributed by atoms with Gasteiger partial charge in [0.2, 0.25) is 0 Å². The third-order valence-electron chi connectivity index (χ3n) is 7.67. The zero-order chi connectivity index (χ0) is 29.7. The van der Waals surface area contributed by atoms with Crippen LogP contribution in [0.15, 0.2) is 72.8 Å². The Kier molecular flexibility index (Phi) is 6.53. The smallest absolute Gasteiger partial charge is 0.178 e. The Bertz CT molecular complexity index is 1570. The van der Waals surface area contributed by atoms with Gasteiger partial charge in [0.25, 0.3) is 0 Å². The van der Waals surface area contributed by atoms with Gasteiger partial charge >= 0.3 is 0 Å². The van der Waals surface area contributed by atoms with E-state index in [1.165, 1.54) is 26.4 Å². The molecule has 4 N–H and O–H groups in total. The Hall–Kier alpha value is -5.38. The molecule has 10 heteroatoms. The van der Waals surface area contributed by atoms with Crippen LogP contribution in [0, 0.1) is 11.8 Å². The second kappa shape index (κ2) is 10.2. The Morgan fingerprint density at radius 1 is 0.571 bits per heavy atom. The molecule has 42 heavy (non-hydrogen) atoms. The van der Waals surface area contributed by atoms with E-state index in [-0.39, 0.29) is 34.1 Å². The zero-order valence-corrected chi connectivity index (χ0v) is 22.5. The third-order valence-corrected chi connectivity index (χ3v) is 7.67. The highest BCUT2D eigenvalue weighted by Crippen LogP contribution is 2.53. The first-order valence-electron chi connectivity index (χ1n) is 13.0. The number of hydrogen-bond acceptors (Lipinski definition) is 10. The van der Waals surface area contributed by atoms with Crippen molar-refractivity contribution in [2.45, 2.75) is 12.2 Å². The first-order valence-corrected chi connectivity index (χ1v) is 13.0. The highest BCUT2D eigenvalue weighted by molar-refractivity contribution is 6.11. The van der Waals surface area contributed by atoms with Gasteiger partial charge in [-0.25, -0.2) is 0 Å². The number of ether oxygens (including phenoxy) is 4. The van der Waals surface area contributed by atoms with E-state index in [2.05, 4.69) is 0 Å². The Labute approximate surface area is 239 Å². The summed E-state index contributed by atoms with van der Waals surface area (Å²) in [6, 6.07) is 18.0. The van der Waals surface area contributed by atoms with E-state index in [1.54, 1.807) is 48.5 Å². The summed E-state index contributed by atoms with van der Waals surface area (Å²) in [4.78, 5) is 28.7. The molecule has 0 saturated carbocycles. The van der Waals surface area contributed by atoms with Gasteiger partial charge in [0.15, 0.2) is 11.6 Å². The summed E-state index contributed by atoms with van der Waals surface area (Å²) in [5.74, 6) is -4.37. The maximum Gasteiger partial charge on any atom is 0.178 e. The molecule has 10 nitrogen and oxygen atoms in total. The average molecular weight is 571 g/mol. The van der Waals surface area contributed by atoms with Crippen molar-refractivity contribution >= 4 is 11.6 Å². The molecule has 0 amide bonds. The van der Waals surface area contributed by atoms with Crippen LogP contribution >= 0.6 is 0 Å². The fraction of sp³-hybridized carbons (Fsp3) is 0.188. The summed E-state index contributed by atoms with van der Waals surface area (Å²) in [7, 11) is 3.03. The lowest BCUT2D eigenvalue weighted by molar-refractivity contribution is 0.0129. The van der Waals surface area contributed by atoms with Gasteiger partial charge in [-0.05, 0) is 35.4 Å². The molecule has 2 aliphatic heterocycles. The Balaban J connectivity index is 1.57. The Morgan fingerprint density at radius 2 is 0.929 bits per heavy atom. The highest BCUT2D eigenvalue weighted by Gasteiger charge is 2.53. The largest absolute Gasteiger partial charge is 0.508 e. The van der Waals surface area contributed by atoms with E-state index >= 15 is 0 Å². The van der Waals surface area contributed by atoms with Crippen molar-refractivity contribution in [2.24, 2.45) is 11.8 Å². The number of carbonyl (C=O) groups excluding carboxylic acids is 2. The molecule has 0 fully saturated rings. The first-order chi connectivity index (χ1) is 20.2. The summed E-state index contributed by atoms with van der Waals surface area (Å²) in [5.41, 5.74) is 0.656. The van der Waals surface area contributed by atoms with Crippen molar-refractivity contribution in [3.05, 3.63) is 95.1 Å². The maximum atomic E-state index is 14.4. The molecule has 4 aromatic carbocycles. The van der Waals surface area contributed by atoms with Crippen LogP contribution in [0.2, 0.25) is 0 Å². The van der Waals surface area contributed by atoms with Crippen LogP contribution in [0.1, 0.15) is 44.1 Å². The lowest BCUT2D eigenvalue weighted by Gasteiger charge is -2.42. The number of fused-ring (bicyclic) bond motifs is 2. The van der Waals surface area contributed by atoms with Crippen molar-refractivity contribution < 1.29 is 49.0 Å². The maximum absolute atomic E-state index is 14.4. The molecular formula is C32H26O10. The van der Waals surface area contributed by atoms with Crippen LogP contribution in [-0.4, -0.2) is 46.2 Å². The SMILES string of the molecule is COc1ccc([C@H]2Oc3cc(O)cc(O)c3C(=O)C2[C@H]2C(=O)c3c(O)cc(O)cc3O[C@H]2c2ccc(OC)cc2)cc1. The molecule has 0 bridgehead atoms. The van der Waals surface area contributed by atoms with E-state index in [9.17, 15) is 30.0 Å². The van der Waals surface area contributed by atoms with Crippen molar-refractivity contribution in [2.75, 3.05) is 14.2 Å². The minimum absolute atomic E-state index is 0.0482. The van der Waals surface area contributed by atoms with Gasteiger partial charge in [-0.1, -0.05) is 24.3 Å². The van der Waals surface area contributed by atoms with Gasteiger partial charge in [0.1, 0.15) is 69.3 Å². The highest BCUT2D eigenvalue weighted by atomic mass is 16.5. The van der Waals surface area contributed by atoms with Gasteiger partial charge in [0.05, 0.1) is 26.1 Å². The number of ketones is 2. The fourth-order valence-corrected chi connectivity index (χ4v) is 5.72. The topological polar surface area (TPSA) is 152 Å². The summed E-state index contributed by atoms with van der Waals surface area (Å²) in [5, 5.41) is 41.7. The monoisotopic (exact) mass is 570 g/mol. The van der Waals surface area contributed by atoms with Gasteiger partial charge in [-0.2, -0.15) is 0 Å². The lowest BCUT2D eigenvalue weighted by Crippen LogP contribution is -2.45. The van der Waals surface area contributed by atoms with E-state index in [0.717, 1.165) is 12.1 Å². The molecule has 0 aliphatic carbocycles. The van der Waals surface area contributed by atoms with Gasteiger partial charge < -0.3 is 39.4 Å². The van der Waals surface area contributed by atoms with Crippen LogP contribution in [-0.2, 0) is 0 Å². The second-order valence-electron chi connectivity index (χ2n) is 10.1.